The number of hydrogen-bond acceptors (Lipinski definition) is 4. The molecule has 0 radical (unpaired) electrons. The van der Waals surface area contributed by atoms with Crippen LogP contribution < -0.4 is 10.0 Å². The summed E-state index contributed by atoms with van der Waals surface area (Å²) in [6.07, 6.45) is 0. The zero-order chi connectivity index (χ0) is 19.4. The molecule has 0 aliphatic rings. The highest BCUT2D eigenvalue weighted by molar-refractivity contribution is 7.89. The third kappa shape index (κ3) is 4.54. The van der Waals surface area contributed by atoms with Crippen LogP contribution in [0.25, 0.3) is 10.9 Å². The number of aromatic nitrogens is 1. The van der Waals surface area contributed by atoms with Gasteiger partial charge in [0.15, 0.2) is 0 Å². The number of methoxy groups -OCH3 is 1. The van der Waals surface area contributed by atoms with E-state index in [1.54, 1.807) is 25.1 Å². The quantitative estimate of drug-likeness (QED) is 0.580. The molecule has 7 nitrogen and oxygen atoms in total. The number of nitrogens with one attached hydrogen (secondary N) is 3. The van der Waals surface area contributed by atoms with E-state index < -0.39 is 10.0 Å². The van der Waals surface area contributed by atoms with Gasteiger partial charge in [-0.3, -0.25) is 4.79 Å². The van der Waals surface area contributed by atoms with Crippen molar-refractivity contribution in [1.29, 1.82) is 0 Å². The number of rotatable bonds is 7. The Morgan fingerprint density at radius 3 is 2.52 bits per heavy atom. The van der Waals surface area contributed by atoms with Crippen LogP contribution in [0.15, 0.2) is 59.5 Å². The van der Waals surface area contributed by atoms with Crippen molar-refractivity contribution < 1.29 is 17.9 Å². The summed E-state index contributed by atoms with van der Waals surface area (Å²) in [6.45, 7) is 1.99. The Morgan fingerprint density at radius 2 is 1.85 bits per heavy atom. The molecule has 0 saturated heterocycles. The molecule has 3 N–H and O–H groups in total. The van der Waals surface area contributed by atoms with Crippen LogP contribution in [-0.4, -0.2) is 39.1 Å². The van der Waals surface area contributed by atoms with Crippen molar-refractivity contribution in [3.05, 3.63) is 60.3 Å². The highest BCUT2D eigenvalue weighted by Crippen LogP contribution is 2.18. The van der Waals surface area contributed by atoms with E-state index in [4.69, 9.17) is 4.74 Å². The fourth-order valence-electron chi connectivity index (χ4n) is 2.73. The standard InChI is InChI=1S/C19H21N3O4S/c1-13(12-26-2)22-27(24,25)16-9-7-15(8-10-16)20-19(23)18-11-14-5-3-4-6-17(14)21-18/h3-11,13,21-22H,12H2,1-2H3,(H,20,23)/t13-/m0/s1. The first-order chi connectivity index (χ1) is 12.9. The van der Waals surface area contributed by atoms with Gasteiger partial charge >= 0.3 is 0 Å². The van der Waals surface area contributed by atoms with E-state index in [1.165, 1.54) is 19.2 Å². The number of ether oxygens (including phenoxy) is 1. The Hall–Kier alpha value is -2.68. The Kier molecular flexibility index (Phi) is 5.59. The zero-order valence-electron chi connectivity index (χ0n) is 15.0. The Bertz CT molecular complexity index is 1010. The molecular weight excluding hydrogens is 366 g/mol. The van der Waals surface area contributed by atoms with E-state index in [0.29, 0.717) is 11.4 Å². The third-order valence-corrected chi connectivity index (χ3v) is 5.58. The molecule has 1 aromatic heterocycles. The molecule has 1 amide bonds. The maximum absolute atomic E-state index is 12.4. The average Bonchev–Trinajstić information content (AvgIpc) is 3.06. The summed E-state index contributed by atoms with van der Waals surface area (Å²) in [6, 6.07) is 15.0. The molecule has 0 aliphatic carbocycles. The van der Waals surface area contributed by atoms with E-state index in [1.807, 2.05) is 24.3 Å². The lowest BCUT2D eigenvalue weighted by Gasteiger charge is -2.13. The second-order valence-electron chi connectivity index (χ2n) is 6.23. The van der Waals surface area contributed by atoms with Crippen LogP contribution >= 0.6 is 0 Å². The van der Waals surface area contributed by atoms with Gasteiger partial charge in [0, 0.05) is 29.7 Å². The molecule has 0 aliphatic heterocycles. The van der Waals surface area contributed by atoms with Crippen molar-refractivity contribution in [2.75, 3.05) is 19.0 Å². The average molecular weight is 387 g/mol. The van der Waals surface area contributed by atoms with E-state index in [9.17, 15) is 13.2 Å². The molecule has 8 heteroatoms. The zero-order valence-corrected chi connectivity index (χ0v) is 15.8. The first kappa shape index (κ1) is 19.1. The number of amides is 1. The van der Waals surface area contributed by atoms with Crippen molar-refractivity contribution in [3.63, 3.8) is 0 Å². The van der Waals surface area contributed by atoms with E-state index in [0.717, 1.165) is 10.9 Å². The first-order valence-corrected chi connectivity index (χ1v) is 9.88. The van der Waals surface area contributed by atoms with Gasteiger partial charge in [0.25, 0.3) is 5.91 Å². The third-order valence-electron chi connectivity index (χ3n) is 3.97. The number of carbonyl (C=O) groups is 1. The van der Waals surface area contributed by atoms with Gasteiger partial charge in [0.2, 0.25) is 10.0 Å². The van der Waals surface area contributed by atoms with Crippen LogP contribution in [0.2, 0.25) is 0 Å². The lowest BCUT2D eigenvalue weighted by Crippen LogP contribution is -2.35. The maximum atomic E-state index is 12.4. The number of anilines is 1. The van der Waals surface area contributed by atoms with Crippen LogP contribution in [0.3, 0.4) is 0 Å². The van der Waals surface area contributed by atoms with E-state index in [2.05, 4.69) is 15.0 Å². The summed E-state index contributed by atoms with van der Waals surface area (Å²) in [7, 11) is -2.14. The number of aromatic amines is 1. The maximum Gasteiger partial charge on any atom is 0.272 e. The summed E-state index contributed by atoms with van der Waals surface area (Å²) < 4.78 is 32.1. The molecule has 3 rings (SSSR count). The van der Waals surface area contributed by atoms with Crippen LogP contribution in [0.5, 0.6) is 0 Å². The number of para-hydroxylation sites is 1. The highest BCUT2D eigenvalue weighted by atomic mass is 32.2. The topological polar surface area (TPSA) is 100 Å². The highest BCUT2D eigenvalue weighted by Gasteiger charge is 2.17. The van der Waals surface area contributed by atoms with Crippen molar-refractivity contribution >= 4 is 32.5 Å². The van der Waals surface area contributed by atoms with Gasteiger partial charge in [0.05, 0.1) is 11.5 Å². The molecule has 3 aromatic rings. The van der Waals surface area contributed by atoms with Crippen LogP contribution in [-0.2, 0) is 14.8 Å². The second-order valence-corrected chi connectivity index (χ2v) is 7.94. The molecule has 1 heterocycles. The Morgan fingerprint density at radius 1 is 1.15 bits per heavy atom. The van der Waals surface area contributed by atoms with Crippen LogP contribution in [0.1, 0.15) is 17.4 Å². The summed E-state index contributed by atoms with van der Waals surface area (Å²) >= 11 is 0. The van der Waals surface area contributed by atoms with Gasteiger partial charge in [-0.05, 0) is 43.3 Å². The summed E-state index contributed by atoms with van der Waals surface area (Å²) in [5.41, 5.74) is 1.81. The minimum Gasteiger partial charge on any atom is -0.383 e. The molecule has 1 atom stereocenters. The van der Waals surface area contributed by atoms with Gasteiger partial charge in [-0.25, -0.2) is 13.1 Å². The molecule has 0 spiro atoms. The summed E-state index contributed by atoms with van der Waals surface area (Å²) in [5, 5.41) is 3.70. The van der Waals surface area contributed by atoms with E-state index >= 15 is 0 Å². The molecular formula is C19H21N3O4S. The summed E-state index contributed by atoms with van der Waals surface area (Å²) in [4.78, 5) is 15.6. The van der Waals surface area contributed by atoms with Crippen molar-refractivity contribution in [3.8, 4) is 0 Å². The Labute approximate surface area is 157 Å². The molecule has 0 saturated carbocycles. The van der Waals surface area contributed by atoms with Crippen molar-refractivity contribution in [1.82, 2.24) is 9.71 Å². The fraction of sp³-hybridized carbons (Fsp3) is 0.211. The number of hydrogen-bond donors (Lipinski definition) is 3. The van der Waals surface area contributed by atoms with Gasteiger partial charge in [-0.15, -0.1) is 0 Å². The second kappa shape index (κ2) is 7.91. The van der Waals surface area contributed by atoms with Crippen LogP contribution in [0, 0.1) is 0 Å². The molecule has 0 bridgehead atoms. The minimum absolute atomic E-state index is 0.120. The molecule has 2 aromatic carbocycles. The lowest BCUT2D eigenvalue weighted by molar-refractivity contribution is 0.102. The van der Waals surface area contributed by atoms with Gasteiger partial charge in [-0.1, -0.05) is 18.2 Å². The molecule has 0 fully saturated rings. The van der Waals surface area contributed by atoms with E-state index in [-0.39, 0.29) is 23.5 Å². The predicted octanol–water partition coefficient (Wildman–Crippen LogP) is 2.73. The summed E-state index contributed by atoms with van der Waals surface area (Å²) in [5.74, 6) is -0.298. The van der Waals surface area contributed by atoms with Crippen LogP contribution in [0.4, 0.5) is 5.69 Å². The lowest BCUT2D eigenvalue weighted by atomic mass is 10.2. The van der Waals surface area contributed by atoms with Crippen molar-refractivity contribution in [2.45, 2.75) is 17.9 Å². The molecule has 142 valence electrons. The molecule has 27 heavy (non-hydrogen) atoms. The fourth-order valence-corrected chi connectivity index (χ4v) is 3.96. The first-order valence-electron chi connectivity index (χ1n) is 8.39. The minimum atomic E-state index is -3.65. The largest absolute Gasteiger partial charge is 0.383 e. The monoisotopic (exact) mass is 387 g/mol. The smallest absolute Gasteiger partial charge is 0.272 e. The Balaban J connectivity index is 1.70. The van der Waals surface area contributed by atoms with Gasteiger partial charge < -0.3 is 15.0 Å². The normalized spacial score (nSPS) is 12.8. The van der Waals surface area contributed by atoms with Gasteiger partial charge in [-0.2, -0.15) is 0 Å². The number of carbonyl (C=O) groups excluding carboxylic acids is 1. The number of benzene rings is 2. The number of fused-ring (bicyclic) bond motifs is 1. The predicted molar refractivity (Wildman–Crippen MR) is 104 cm³/mol. The van der Waals surface area contributed by atoms with Crippen molar-refractivity contribution in [2.24, 2.45) is 0 Å². The number of sulfonamides is 1. The van der Waals surface area contributed by atoms with Gasteiger partial charge in [0.1, 0.15) is 5.69 Å². The molecule has 0 unspecified atom stereocenters. The SMILES string of the molecule is COC[C@H](C)NS(=O)(=O)c1ccc(NC(=O)c2cc3ccccc3[nH]2)cc1. The number of H-pyrrole nitrogens is 1.